The lowest BCUT2D eigenvalue weighted by molar-refractivity contribution is -0.228. The van der Waals surface area contributed by atoms with Crippen molar-refractivity contribution in [1.82, 2.24) is 10.2 Å². The van der Waals surface area contributed by atoms with E-state index in [0.29, 0.717) is 33.1 Å². The highest BCUT2D eigenvalue weighted by atomic mass is 19.4. The zero-order valence-corrected chi connectivity index (χ0v) is 7.99. The number of nitrogens with one attached hydrogen (secondary N) is 1. The molecule has 1 heterocycles. The van der Waals surface area contributed by atoms with Crippen LogP contribution in [0.4, 0.5) is 17.6 Å². The highest BCUT2D eigenvalue weighted by Gasteiger charge is 2.52. The fraction of sp³-hybridized carbons (Fsp3) is 1.00. The van der Waals surface area contributed by atoms with Crippen molar-refractivity contribution in [2.24, 2.45) is 0 Å². The quantitative estimate of drug-likeness (QED) is 0.694. The zero-order valence-electron chi connectivity index (χ0n) is 7.99. The number of rotatable bonds is 2. The van der Waals surface area contributed by atoms with Gasteiger partial charge in [-0.2, -0.15) is 13.2 Å². The van der Waals surface area contributed by atoms with Gasteiger partial charge in [-0.15, -0.1) is 0 Å². The van der Waals surface area contributed by atoms with Gasteiger partial charge in [0.25, 0.3) is 0 Å². The van der Waals surface area contributed by atoms with Gasteiger partial charge < -0.3 is 5.32 Å². The molecule has 6 heteroatoms. The molecular weight excluding hydrogens is 200 g/mol. The molecular formula is C8H14F4N2. The standard InChI is InChI=1S/C8H14F4N2/c1-7(9,8(10,11)12)6-14-4-2-13-3-5-14/h13H,2-6H2,1H3. The molecule has 0 amide bonds. The molecule has 1 rings (SSSR count). The summed E-state index contributed by atoms with van der Waals surface area (Å²) < 4.78 is 49.7. The lowest BCUT2D eigenvalue weighted by atomic mass is 10.1. The molecule has 0 radical (unpaired) electrons. The summed E-state index contributed by atoms with van der Waals surface area (Å²) in [7, 11) is 0. The smallest absolute Gasteiger partial charge is 0.314 e. The van der Waals surface area contributed by atoms with Crippen molar-refractivity contribution in [2.45, 2.75) is 18.8 Å². The van der Waals surface area contributed by atoms with Crippen molar-refractivity contribution in [3.63, 3.8) is 0 Å². The monoisotopic (exact) mass is 214 g/mol. The first-order chi connectivity index (χ1) is 6.33. The molecule has 1 saturated heterocycles. The van der Waals surface area contributed by atoms with Gasteiger partial charge >= 0.3 is 6.18 Å². The Morgan fingerprint density at radius 3 is 2.07 bits per heavy atom. The summed E-state index contributed by atoms with van der Waals surface area (Å²) in [4.78, 5) is 1.49. The highest BCUT2D eigenvalue weighted by molar-refractivity contribution is 4.87. The average molecular weight is 214 g/mol. The van der Waals surface area contributed by atoms with Crippen molar-refractivity contribution in [3.8, 4) is 0 Å². The molecule has 1 fully saturated rings. The number of piperazine rings is 1. The van der Waals surface area contributed by atoms with Crippen LogP contribution in [0.15, 0.2) is 0 Å². The van der Waals surface area contributed by atoms with E-state index < -0.39 is 18.4 Å². The Morgan fingerprint density at radius 2 is 1.64 bits per heavy atom. The van der Waals surface area contributed by atoms with Crippen LogP contribution in [0.25, 0.3) is 0 Å². The maximum Gasteiger partial charge on any atom is 0.423 e. The minimum atomic E-state index is -4.78. The van der Waals surface area contributed by atoms with Gasteiger partial charge in [-0.3, -0.25) is 4.90 Å². The molecule has 1 N–H and O–H groups in total. The minimum Gasteiger partial charge on any atom is -0.314 e. The molecule has 1 aliphatic heterocycles. The Morgan fingerprint density at radius 1 is 1.14 bits per heavy atom. The Hall–Kier alpha value is -0.360. The Balaban J connectivity index is 2.49. The van der Waals surface area contributed by atoms with E-state index in [1.807, 2.05) is 0 Å². The topological polar surface area (TPSA) is 15.3 Å². The Kier molecular flexibility index (Phi) is 3.36. The SMILES string of the molecule is CC(F)(CN1CCNCC1)C(F)(F)F. The van der Waals surface area contributed by atoms with Crippen LogP contribution in [-0.4, -0.2) is 49.5 Å². The van der Waals surface area contributed by atoms with E-state index in [-0.39, 0.29) is 0 Å². The number of alkyl halides is 4. The first kappa shape index (κ1) is 11.7. The van der Waals surface area contributed by atoms with Gasteiger partial charge in [-0.05, 0) is 6.92 Å². The Labute approximate surface area is 80.3 Å². The molecule has 0 aromatic rings. The van der Waals surface area contributed by atoms with E-state index in [9.17, 15) is 17.6 Å². The Bertz CT molecular complexity index is 184. The fourth-order valence-corrected chi connectivity index (χ4v) is 1.38. The molecule has 1 unspecified atom stereocenters. The lowest BCUT2D eigenvalue weighted by Gasteiger charge is -2.33. The summed E-state index contributed by atoms with van der Waals surface area (Å²) in [5, 5.41) is 2.99. The van der Waals surface area contributed by atoms with E-state index in [2.05, 4.69) is 5.32 Å². The van der Waals surface area contributed by atoms with E-state index >= 15 is 0 Å². The van der Waals surface area contributed by atoms with E-state index in [4.69, 9.17) is 0 Å². The predicted octanol–water partition coefficient (Wildman–Crippen LogP) is 1.18. The molecule has 0 aromatic heterocycles. The second kappa shape index (κ2) is 4.02. The van der Waals surface area contributed by atoms with Crippen LogP contribution in [0.1, 0.15) is 6.92 Å². The zero-order chi connectivity index (χ0) is 10.8. The van der Waals surface area contributed by atoms with Gasteiger partial charge in [0.2, 0.25) is 5.67 Å². The van der Waals surface area contributed by atoms with Crippen LogP contribution in [0.5, 0.6) is 0 Å². The van der Waals surface area contributed by atoms with Gasteiger partial charge in [-0.1, -0.05) is 0 Å². The molecule has 0 spiro atoms. The summed E-state index contributed by atoms with van der Waals surface area (Å²) in [5.74, 6) is 0. The molecule has 1 aliphatic rings. The summed E-state index contributed by atoms with van der Waals surface area (Å²) in [6.45, 7) is 2.19. The maximum absolute atomic E-state index is 13.2. The second-order valence-corrected chi connectivity index (χ2v) is 3.72. The van der Waals surface area contributed by atoms with Crippen molar-refractivity contribution in [2.75, 3.05) is 32.7 Å². The van der Waals surface area contributed by atoms with Crippen LogP contribution in [0.2, 0.25) is 0 Å². The van der Waals surface area contributed by atoms with Crippen molar-refractivity contribution < 1.29 is 17.6 Å². The molecule has 2 nitrogen and oxygen atoms in total. The third-order valence-corrected chi connectivity index (χ3v) is 2.32. The number of halogens is 4. The molecule has 1 atom stereocenters. The average Bonchev–Trinajstić information content (AvgIpc) is 2.03. The van der Waals surface area contributed by atoms with Crippen LogP contribution in [0.3, 0.4) is 0 Å². The van der Waals surface area contributed by atoms with E-state index in [1.165, 1.54) is 4.90 Å². The van der Waals surface area contributed by atoms with Crippen molar-refractivity contribution in [1.29, 1.82) is 0 Å². The third-order valence-electron chi connectivity index (χ3n) is 2.32. The summed E-state index contributed by atoms with van der Waals surface area (Å²) in [6.07, 6.45) is -4.78. The summed E-state index contributed by atoms with van der Waals surface area (Å²) in [5.41, 5.74) is -3.11. The molecule has 0 aliphatic carbocycles. The minimum absolute atomic E-state index is 0.468. The highest BCUT2D eigenvalue weighted by Crippen LogP contribution is 2.34. The number of hydrogen-bond donors (Lipinski definition) is 1. The van der Waals surface area contributed by atoms with Gasteiger partial charge in [0.1, 0.15) is 0 Å². The van der Waals surface area contributed by atoms with E-state index in [1.54, 1.807) is 0 Å². The van der Waals surface area contributed by atoms with Crippen LogP contribution >= 0.6 is 0 Å². The predicted molar refractivity (Wildman–Crippen MR) is 44.9 cm³/mol. The number of hydrogen-bond acceptors (Lipinski definition) is 2. The van der Waals surface area contributed by atoms with Crippen molar-refractivity contribution >= 4 is 0 Å². The maximum atomic E-state index is 13.2. The first-order valence-corrected chi connectivity index (χ1v) is 4.52. The molecule has 84 valence electrons. The normalized spacial score (nSPS) is 24.6. The van der Waals surface area contributed by atoms with Gasteiger partial charge in [0.05, 0.1) is 0 Å². The third kappa shape index (κ3) is 2.81. The van der Waals surface area contributed by atoms with Crippen LogP contribution in [0, 0.1) is 0 Å². The molecule has 0 saturated carbocycles. The lowest BCUT2D eigenvalue weighted by Crippen LogP contribution is -2.53. The molecule has 0 bridgehead atoms. The molecule has 0 aromatic carbocycles. The van der Waals surface area contributed by atoms with Crippen LogP contribution < -0.4 is 5.32 Å². The first-order valence-electron chi connectivity index (χ1n) is 4.52. The van der Waals surface area contributed by atoms with Gasteiger partial charge in [-0.25, -0.2) is 4.39 Å². The summed E-state index contributed by atoms with van der Waals surface area (Å²) in [6, 6.07) is 0. The van der Waals surface area contributed by atoms with Crippen LogP contribution in [-0.2, 0) is 0 Å². The van der Waals surface area contributed by atoms with Gasteiger partial charge in [0.15, 0.2) is 0 Å². The second-order valence-electron chi connectivity index (χ2n) is 3.72. The largest absolute Gasteiger partial charge is 0.423 e. The number of nitrogens with zero attached hydrogens (tertiary/aromatic N) is 1. The molecule has 14 heavy (non-hydrogen) atoms. The van der Waals surface area contributed by atoms with Gasteiger partial charge in [0, 0.05) is 32.7 Å². The van der Waals surface area contributed by atoms with Crippen molar-refractivity contribution in [3.05, 3.63) is 0 Å². The fourth-order valence-electron chi connectivity index (χ4n) is 1.38. The van der Waals surface area contributed by atoms with E-state index in [0.717, 1.165) is 0 Å². The summed E-state index contributed by atoms with van der Waals surface area (Å²) >= 11 is 0.